The molecule has 168 valence electrons. The number of carbonyl (C=O) groups is 2. The number of hydrogen-bond acceptors (Lipinski definition) is 7. The van der Waals surface area contributed by atoms with Crippen LogP contribution in [0.1, 0.15) is 21.6 Å². The van der Waals surface area contributed by atoms with E-state index < -0.39 is 29.1 Å². The van der Waals surface area contributed by atoms with Crippen LogP contribution in [-0.4, -0.2) is 28.3 Å². The van der Waals surface area contributed by atoms with Gasteiger partial charge < -0.3 is 21.5 Å². The number of alkyl halides is 3. The summed E-state index contributed by atoms with van der Waals surface area (Å²) in [5, 5.41) is 11.7. The van der Waals surface area contributed by atoms with E-state index in [-0.39, 0.29) is 35.4 Å². The number of nitrogens with zero attached hydrogens (tertiary/aromatic N) is 3. The van der Waals surface area contributed by atoms with Gasteiger partial charge in [0.15, 0.2) is 5.82 Å². The molecule has 0 aliphatic heterocycles. The van der Waals surface area contributed by atoms with Crippen molar-refractivity contribution in [3.63, 3.8) is 0 Å². The van der Waals surface area contributed by atoms with Crippen LogP contribution in [0, 0.1) is 11.3 Å². The molecule has 0 spiro atoms. The zero-order valence-electron chi connectivity index (χ0n) is 16.7. The minimum Gasteiger partial charge on any atom is -0.457 e. The first-order valence-electron chi connectivity index (χ1n) is 9.17. The lowest BCUT2D eigenvalue weighted by atomic mass is 10.1. The molecular weight excluding hydrogens is 441 g/mol. The molecule has 2 aromatic carbocycles. The molecule has 1 heterocycles. The molecule has 0 saturated carbocycles. The topological polar surface area (TPSA) is 157 Å². The Morgan fingerprint density at radius 1 is 1.03 bits per heavy atom. The van der Waals surface area contributed by atoms with Crippen molar-refractivity contribution < 1.29 is 27.5 Å². The normalized spacial score (nSPS) is 10.8. The van der Waals surface area contributed by atoms with Gasteiger partial charge in [-0.15, -0.1) is 0 Å². The predicted molar refractivity (Wildman–Crippen MR) is 110 cm³/mol. The highest BCUT2D eigenvalue weighted by Gasteiger charge is 2.33. The lowest BCUT2D eigenvalue weighted by Gasteiger charge is -2.11. The van der Waals surface area contributed by atoms with Gasteiger partial charge in [0.25, 0.3) is 5.91 Å². The van der Waals surface area contributed by atoms with Gasteiger partial charge in [0, 0.05) is 11.6 Å². The summed E-state index contributed by atoms with van der Waals surface area (Å²) in [6.07, 6.45) is -4.66. The number of benzene rings is 2. The zero-order valence-corrected chi connectivity index (χ0v) is 16.7. The SMILES string of the molecule is N#Cc1cc(Oc2ccc(-c3nc(NCC(N)=O)cc(C(N)=O)n3)cc2)ccc1C(F)(F)F. The number of carbonyl (C=O) groups excluding carboxylic acids is 2. The monoisotopic (exact) mass is 456 g/mol. The molecule has 0 saturated heterocycles. The zero-order chi connectivity index (χ0) is 24.2. The van der Waals surface area contributed by atoms with E-state index in [0.717, 1.165) is 18.2 Å². The highest BCUT2D eigenvalue weighted by Crippen LogP contribution is 2.34. The fraction of sp³-hybridized carbons (Fsp3) is 0.0952. The van der Waals surface area contributed by atoms with Crippen molar-refractivity contribution in [3.05, 3.63) is 65.4 Å². The molecule has 0 aliphatic carbocycles. The standard InChI is InChI=1S/C21H15F3N6O3/c22-21(23,24)15-6-5-14(7-12(15)9-25)33-13-3-1-11(2-4-13)20-29-16(19(27)32)8-18(30-20)28-10-17(26)31/h1-8H,10H2,(H2,26,31)(H2,27,32)(H,28,29,30). The predicted octanol–water partition coefficient (Wildman–Crippen LogP) is 2.82. The maximum atomic E-state index is 12.9. The molecule has 3 aromatic rings. The average molecular weight is 456 g/mol. The van der Waals surface area contributed by atoms with Gasteiger partial charge in [0.2, 0.25) is 5.91 Å². The van der Waals surface area contributed by atoms with Crippen molar-refractivity contribution in [2.45, 2.75) is 6.18 Å². The van der Waals surface area contributed by atoms with Crippen molar-refractivity contribution in [3.8, 4) is 29.0 Å². The number of nitrogens with two attached hydrogens (primary N) is 2. The number of rotatable bonds is 7. The van der Waals surface area contributed by atoms with Gasteiger partial charge in [-0.3, -0.25) is 9.59 Å². The Hall–Kier alpha value is -4.66. The smallest absolute Gasteiger partial charge is 0.417 e. The first-order chi connectivity index (χ1) is 15.6. The summed E-state index contributed by atoms with van der Waals surface area (Å²) in [6.45, 7) is -0.223. The Kier molecular flexibility index (Phi) is 6.43. The molecule has 0 fully saturated rings. The second-order valence-corrected chi connectivity index (χ2v) is 6.59. The third-order valence-electron chi connectivity index (χ3n) is 4.19. The van der Waals surface area contributed by atoms with Gasteiger partial charge in [-0.2, -0.15) is 18.4 Å². The Bertz CT molecular complexity index is 1250. The van der Waals surface area contributed by atoms with Crippen LogP contribution >= 0.6 is 0 Å². The second kappa shape index (κ2) is 9.23. The van der Waals surface area contributed by atoms with Crippen LogP contribution in [0.25, 0.3) is 11.4 Å². The van der Waals surface area contributed by atoms with Gasteiger partial charge in [-0.1, -0.05) is 0 Å². The van der Waals surface area contributed by atoms with Crippen LogP contribution in [0.4, 0.5) is 19.0 Å². The van der Waals surface area contributed by atoms with Crippen molar-refractivity contribution in [1.29, 1.82) is 5.26 Å². The first kappa shape index (κ1) is 23.0. The van der Waals surface area contributed by atoms with Gasteiger partial charge in [-0.25, -0.2) is 9.97 Å². The first-order valence-corrected chi connectivity index (χ1v) is 9.17. The van der Waals surface area contributed by atoms with Crippen LogP contribution in [0.3, 0.4) is 0 Å². The fourth-order valence-electron chi connectivity index (χ4n) is 2.71. The van der Waals surface area contributed by atoms with E-state index in [2.05, 4.69) is 15.3 Å². The molecule has 12 heteroatoms. The van der Waals surface area contributed by atoms with Gasteiger partial charge in [0.1, 0.15) is 23.0 Å². The second-order valence-electron chi connectivity index (χ2n) is 6.59. The van der Waals surface area contributed by atoms with E-state index in [1.54, 1.807) is 12.1 Å². The number of nitrogens with one attached hydrogen (secondary N) is 1. The number of nitriles is 1. The highest BCUT2D eigenvalue weighted by atomic mass is 19.4. The maximum absolute atomic E-state index is 12.9. The van der Waals surface area contributed by atoms with Crippen LogP contribution in [-0.2, 0) is 11.0 Å². The van der Waals surface area contributed by atoms with E-state index in [1.165, 1.54) is 24.3 Å². The lowest BCUT2D eigenvalue weighted by Crippen LogP contribution is -2.23. The number of halogens is 3. The van der Waals surface area contributed by atoms with Gasteiger partial charge in [0.05, 0.1) is 23.7 Å². The van der Waals surface area contributed by atoms with Crippen molar-refractivity contribution in [2.24, 2.45) is 11.5 Å². The van der Waals surface area contributed by atoms with Gasteiger partial charge in [-0.05, 0) is 42.5 Å². The molecular formula is C21H15F3N6O3. The van der Waals surface area contributed by atoms with Crippen molar-refractivity contribution in [1.82, 2.24) is 9.97 Å². The Morgan fingerprint density at radius 2 is 1.70 bits per heavy atom. The number of aromatic nitrogens is 2. The summed E-state index contributed by atoms with van der Waals surface area (Å²) in [5.41, 5.74) is 9.12. The molecule has 0 bridgehead atoms. The molecule has 0 radical (unpaired) electrons. The third-order valence-corrected chi connectivity index (χ3v) is 4.19. The number of primary amides is 2. The Balaban J connectivity index is 1.85. The average Bonchev–Trinajstić information content (AvgIpc) is 2.77. The van der Waals surface area contributed by atoms with Crippen molar-refractivity contribution >= 4 is 17.6 Å². The molecule has 5 N–H and O–H groups in total. The molecule has 0 unspecified atom stereocenters. The van der Waals surface area contributed by atoms with Crippen LogP contribution in [0.15, 0.2) is 48.5 Å². The number of ether oxygens (including phenoxy) is 1. The third kappa shape index (κ3) is 5.73. The summed E-state index contributed by atoms with van der Waals surface area (Å²) in [5.74, 6) is -0.873. The molecule has 1 aromatic heterocycles. The molecule has 2 amide bonds. The van der Waals surface area contributed by atoms with E-state index >= 15 is 0 Å². The van der Waals surface area contributed by atoms with E-state index in [4.69, 9.17) is 21.5 Å². The molecule has 9 nitrogen and oxygen atoms in total. The van der Waals surface area contributed by atoms with E-state index in [9.17, 15) is 22.8 Å². The lowest BCUT2D eigenvalue weighted by molar-refractivity contribution is -0.137. The fourth-order valence-corrected chi connectivity index (χ4v) is 2.71. The van der Waals surface area contributed by atoms with E-state index in [0.29, 0.717) is 5.56 Å². The molecule has 33 heavy (non-hydrogen) atoms. The highest BCUT2D eigenvalue weighted by molar-refractivity contribution is 5.92. The summed E-state index contributed by atoms with van der Waals surface area (Å²) < 4.78 is 44.3. The summed E-state index contributed by atoms with van der Waals surface area (Å²) in [6, 6.07) is 11.7. The van der Waals surface area contributed by atoms with Crippen LogP contribution in [0.5, 0.6) is 11.5 Å². The summed E-state index contributed by atoms with van der Waals surface area (Å²) >= 11 is 0. The summed E-state index contributed by atoms with van der Waals surface area (Å²) in [4.78, 5) is 30.8. The van der Waals surface area contributed by atoms with Crippen LogP contribution in [0.2, 0.25) is 0 Å². The molecule has 0 atom stereocenters. The Morgan fingerprint density at radius 3 is 2.27 bits per heavy atom. The minimum absolute atomic E-state index is 0.0391. The maximum Gasteiger partial charge on any atom is 0.417 e. The number of amides is 2. The largest absolute Gasteiger partial charge is 0.457 e. The quantitative estimate of drug-likeness (QED) is 0.493. The summed E-state index contributed by atoms with van der Waals surface area (Å²) in [7, 11) is 0. The van der Waals surface area contributed by atoms with E-state index in [1.807, 2.05) is 0 Å². The Labute approximate surface area is 184 Å². The van der Waals surface area contributed by atoms with Gasteiger partial charge >= 0.3 is 6.18 Å². The number of hydrogen-bond donors (Lipinski definition) is 3. The molecule has 3 rings (SSSR count). The van der Waals surface area contributed by atoms with Crippen molar-refractivity contribution in [2.75, 3.05) is 11.9 Å². The van der Waals surface area contributed by atoms with Crippen LogP contribution < -0.4 is 21.5 Å². The minimum atomic E-state index is -4.66. The molecule has 0 aliphatic rings. The number of anilines is 1.